The Morgan fingerprint density at radius 3 is 2.89 bits per heavy atom. The summed E-state index contributed by atoms with van der Waals surface area (Å²) in [6.07, 6.45) is 7.48. The second-order valence-corrected chi connectivity index (χ2v) is 8.37. The molecule has 6 nitrogen and oxygen atoms in total. The third kappa shape index (κ3) is 4.22. The summed E-state index contributed by atoms with van der Waals surface area (Å²) in [6, 6.07) is 6.11. The second kappa shape index (κ2) is 8.60. The van der Waals surface area contributed by atoms with Gasteiger partial charge in [-0.3, -0.25) is 4.99 Å². The van der Waals surface area contributed by atoms with Crippen LogP contribution in [0.2, 0.25) is 0 Å². The number of hydrogen-bond donors (Lipinski definition) is 1. The van der Waals surface area contributed by atoms with Crippen molar-refractivity contribution in [2.45, 2.75) is 51.2 Å². The van der Waals surface area contributed by atoms with Gasteiger partial charge in [-0.05, 0) is 50.7 Å². The quantitative estimate of drug-likeness (QED) is 0.621. The van der Waals surface area contributed by atoms with E-state index in [0.29, 0.717) is 18.1 Å². The first-order chi connectivity index (χ1) is 13.7. The largest absolute Gasteiger partial charge is 0.497 e. The van der Waals surface area contributed by atoms with E-state index < -0.39 is 0 Å². The van der Waals surface area contributed by atoms with Crippen LogP contribution < -0.4 is 14.8 Å². The second-order valence-electron chi connectivity index (χ2n) is 8.37. The average Bonchev–Trinajstić information content (AvgIpc) is 3.47. The maximum Gasteiger partial charge on any atom is 0.193 e. The lowest BCUT2D eigenvalue weighted by molar-refractivity contribution is 0.156. The van der Waals surface area contributed by atoms with Gasteiger partial charge in [-0.2, -0.15) is 0 Å². The Morgan fingerprint density at radius 1 is 1.32 bits per heavy atom. The lowest BCUT2D eigenvalue weighted by atomic mass is 9.87. The summed E-state index contributed by atoms with van der Waals surface area (Å²) < 4.78 is 17.4. The fourth-order valence-corrected chi connectivity index (χ4v) is 4.70. The van der Waals surface area contributed by atoms with Crippen LogP contribution in [0.5, 0.6) is 11.5 Å². The summed E-state index contributed by atoms with van der Waals surface area (Å²) in [4.78, 5) is 6.90. The van der Waals surface area contributed by atoms with Crippen LogP contribution in [0, 0.1) is 5.41 Å². The molecule has 0 radical (unpaired) electrons. The molecule has 6 heteroatoms. The van der Waals surface area contributed by atoms with Gasteiger partial charge in [-0.15, -0.1) is 0 Å². The number of aliphatic imine (C=N–C) groups is 1. The molecular formula is C22H33N3O3. The Kier molecular flexibility index (Phi) is 5.95. The van der Waals surface area contributed by atoms with E-state index in [1.54, 1.807) is 7.11 Å². The Bertz CT molecular complexity index is 694. The molecule has 2 aliphatic heterocycles. The molecule has 154 valence electrons. The monoisotopic (exact) mass is 387 g/mol. The van der Waals surface area contributed by atoms with Crippen molar-refractivity contribution in [2.24, 2.45) is 10.4 Å². The Labute approximate surface area is 168 Å². The van der Waals surface area contributed by atoms with Crippen molar-refractivity contribution in [2.75, 3.05) is 40.5 Å². The maximum absolute atomic E-state index is 6.33. The van der Waals surface area contributed by atoms with Gasteiger partial charge in [0.2, 0.25) is 0 Å². The third-order valence-electron chi connectivity index (χ3n) is 6.44. The minimum atomic E-state index is 0.325. The van der Waals surface area contributed by atoms with Crippen molar-refractivity contribution in [1.82, 2.24) is 10.2 Å². The molecule has 1 aliphatic carbocycles. The lowest BCUT2D eigenvalue weighted by Crippen LogP contribution is -2.41. The Morgan fingerprint density at radius 2 is 2.18 bits per heavy atom. The van der Waals surface area contributed by atoms with Crippen LogP contribution in [0.3, 0.4) is 0 Å². The highest BCUT2D eigenvalue weighted by molar-refractivity contribution is 5.80. The number of likely N-dealkylation sites (tertiary alicyclic amines) is 1. The molecule has 3 fully saturated rings. The maximum atomic E-state index is 6.33. The predicted octanol–water partition coefficient (Wildman–Crippen LogP) is 3.20. The van der Waals surface area contributed by atoms with Crippen LogP contribution in [0.25, 0.3) is 0 Å². The molecule has 1 saturated carbocycles. The first-order valence-corrected chi connectivity index (χ1v) is 10.6. The summed E-state index contributed by atoms with van der Waals surface area (Å²) in [5, 5.41) is 3.55. The van der Waals surface area contributed by atoms with Gasteiger partial charge in [0, 0.05) is 50.3 Å². The van der Waals surface area contributed by atoms with Crippen molar-refractivity contribution in [1.29, 1.82) is 0 Å². The third-order valence-corrected chi connectivity index (χ3v) is 6.44. The minimum Gasteiger partial charge on any atom is -0.497 e. The summed E-state index contributed by atoms with van der Waals surface area (Å²) >= 11 is 0. The fraction of sp³-hybridized carbons (Fsp3) is 0.682. The molecular weight excluding hydrogens is 354 g/mol. The Hall–Kier alpha value is -1.95. The van der Waals surface area contributed by atoms with E-state index in [-0.39, 0.29) is 0 Å². The molecule has 0 bridgehead atoms. The number of nitrogens with one attached hydrogen (secondary N) is 1. The van der Waals surface area contributed by atoms with Gasteiger partial charge in [0.05, 0.1) is 19.8 Å². The van der Waals surface area contributed by atoms with Crippen LogP contribution in [0.4, 0.5) is 0 Å². The molecule has 4 rings (SSSR count). The highest BCUT2D eigenvalue weighted by Gasteiger charge is 2.42. The molecule has 3 aliphatic rings. The number of nitrogens with zero attached hydrogens (tertiary/aromatic N) is 2. The first kappa shape index (κ1) is 19.4. The van der Waals surface area contributed by atoms with Gasteiger partial charge >= 0.3 is 0 Å². The van der Waals surface area contributed by atoms with Crippen molar-refractivity contribution >= 4 is 5.96 Å². The van der Waals surface area contributed by atoms with E-state index in [2.05, 4.69) is 21.3 Å². The minimum absolute atomic E-state index is 0.325. The molecule has 1 N–H and O–H groups in total. The number of ether oxygens (including phenoxy) is 3. The van der Waals surface area contributed by atoms with Gasteiger partial charge < -0.3 is 24.4 Å². The number of benzene rings is 1. The highest BCUT2D eigenvalue weighted by atomic mass is 16.5. The molecule has 0 amide bonds. The first-order valence-electron chi connectivity index (χ1n) is 10.6. The molecule has 1 atom stereocenters. The van der Waals surface area contributed by atoms with Crippen LogP contribution in [0.15, 0.2) is 23.2 Å². The zero-order chi connectivity index (χ0) is 19.4. The fourth-order valence-electron chi connectivity index (χ4n) is 4.70. The molecule has 1 aromatic carbocycles. The summed E-state index contributed by atoms with van der Waals surface area (Å²) in [6.45, 7) is 4.54. The Balaban J connectivity index is 1.41. The smallest absolute Gasteiger partial charge is 0.193 e. The van der Waals surface area contributed by atoms with Crippen LogP contribution >= 0.6 is 0 Å². The molecule has 1 spiro atoms. The van der Waals surface area contributed by atoms with E-state index in [1.165, 1.54) is 25.7 Å². The van der Waals surface area contributed by atoms with Gasteiger partial charge in [-0.1, -0.05) is 0 Å². The van der Waals surface area contributed by atoms with Crippen LogP contribution in [-0.2, 0) is 11.3 Å². The van der Waals surface area contributed by atoms with Crippen molar-refractivity contribution in [3.05, 3.63) is 23.8 Å². The van der Waals surface area contributed by atoms with E-state index in [9.17, 15) is 0 Å². The normalized spacial score (nSPS) is 25.6. The number of guanidine groups is 1. The molecule has 28 heavy (non-hydrogen) atoms. The molecule has 1 unspecified atom stereocenters. The zero-order valence-corrected chi connectivity index (χ0v) is 17.2. The van der Waals surface area contributed by atoms with Crippen molar-refractivity contribution in [3.63, 3.8) is 0 Å². The molecule has 1 aromatic rings. The number of methoxy groups -OCH3 is 1. The van der Waals surface area contributed by atoms with E-state index in [1.807, 2.05) is 19.2 Å². The van der Waals surface area contributed by atoms with E-state index >= 15 is 0 Å². The summed E-state index contributed by atoms with van der Waals surface area (Å²) in [5.74, 6) is 2.73. The van der Waals surface area contributed by atoms with E-state index in [0.717, 1.165) is 62.2 Å². The number of hydrogen-bond acceptors (Lipinski definition) is 4. The van der Waals surface area contributed by atoms with Crippen LogP contribution in [-0.4, -0.2) is 57.4 Å². The zero-order valence-electron chi connectivity index (χ0n) is 17.2. The van der Waals surface area contributed by atoms with E-state index in [4.69, 9.17) is 14.2 Å². The summed E-state index contributed by atoms with van der Waals surface area (Å²) in [7, 11) is 3.56. The standard InChI is InChI=1S/C22H33N3O3/c1-23-21(25-11-9-22(15-25)10-12-27-16-22)24-14-17-7-8-19(26-2)13-20(17)28-18-5-3-4-6-18/h7-8,13,18H,3-6,9-12,14-16H2,1-2H3,(H,23,24). The van der Waals surface area contributed by atoms with Crippen LogP contribution in [0.1, 0.15) is 44.1 Å². The molecule has 0 aromatic heterocycles. The molecule has 2 heterocycles. The van der Waals surface area contributed by atoms with Gasteiger partial charge in [0.1, 0.15) is 11.5 Å². The highest BCUT2D eigenvalue weighted by Crippen LogP contribution is 2.38. The average molecular weight is 388 g/mol. The van der Waals surface area contributed by atoms with Gasteiger partial charge in [0.25, 0.3) is 0 Å². The van der Waals surface area contributed by atoms with Gasteiger partial charge in [0.15, 0.2) is 5.96 Å². The van der Waals surface area contributed by atoms with Gasteiger partial charge in [-0.25, -0.2) is 0 Å². The van der Waals surface area contributed by atoms with Crippen molar-refractivity contribution < 1.29 is 14.2 Å². The van der Waals surface area contributed by atoms with Crippen molar-refractivity contribution in [3.8, 4) is 11.5 Å². The molecule has 2 saturated heterocycles. The number of rotatable bonds is 5. The summed E-state index contributed by atoms with van der Waals surface area (Å²) in [5.41, 5.74) is 1.47. The SMILES string of the molecule is CN=C(NCc1ccc(OC)cc1OC1CCCC1)N1CCC2(CCOC2)C1. The predicted molar refractivity (Wildman–Crippen MR) is 110 cm³/mol. The topological polar surface area (TPSA) is 55.3 Å². The lowest BCUT2D eigenvalue weighted by Gasteiger charge is -2.25.